The molecule has 0 saturated carbocycles. The maximum atomic E-state index is 13.1. The van der Waals surface area contributed by atoms with E-state index in [1.165, 1.54) is 0 Å². The number of pyridine rings is 1. The number of nitrogens with zero attached hydrogens (tertiary/aromatic N) is 2. The average Bonchev–Trinajstić information content (AvgIpc) is 2.72. The first-order valence-corrected chi connectivity index (χ1v) is 9.85. The Morgan fingerprint density at radius 1 is 1.17 bits per heavy atom. The topological polar surface area (TPSA) is 63.0 Å². The molecule has 0 unspecified atom stereocenters. The van der Waals surface area contributed by atoms with E-state index < -0.39 is 12.1 Å². The van der Waals surface area contributed by atoms with Crippen LogP contribution < -0.4 is 0 Å². The van der Waals surface area contributed by atoms with Gasteiger partial charge in [0.1, 0.15) is 6.07 Å². The number of benzene rings is 2. The zero-order valence-corrected chi connectivity index (χ0v) is 16.6. The fourth-order valence-corrected chi connectivity index (χ4v) is 3.97. The van der Waals surface area contributed by atoms with Gasteiger partial charge in [-0.1, -0.05) is 55.5 Å². The minimum atomic E-state index is -0.801. The van der Waals surface area contributed by atoms with Crippen molar-refractivity contribution in [3.8, 4) is 6.07 Å². The molecular weight excluding hydrogens is 360 g/mol. The standard InChI is InChI=1S/C25H22N2O2/c1-16-12-19(14-18-8-4-3-5-9-18)24-21(13-16)23(25(28)29-17(2)15-26)20-10-6-7-11-22(20)27-24/h3-11,14,16-17H,12-13H2,1-2H3/b19-14-/t16-,17-/m1/s1. The normalized spacial score (nSPS) is 18.1. The van der Waals surface area contributed by atoms with Gasteiger partial charge in [-0.25, -0.2) is 9.78 Å². The first-order chi connectivity index (χ1) is 14.1. The fourth-order valence-electron chi connectivity index (χ4n) is 3.97. The van der Waals surface area contributed by atoms with Crippen molar-refractivity contribution in [3.05, 3.63) is 77.0 Å². The second-order valence-corrected chi connectivity index (χ2v) is 7.60. The third-order valence-corrected chi connectivity index (χ3v) is 5.23. The number of carbonyl (C=O) groups is 1. The summed E-state index contributed by atoms with van der Waals surface area (Å²) in [5.41, 5.74) is 5.31. The third-order valence-electron chi connectivity index (χ3n) is 5.23. The summed E-state index contributed by atoms with van der Waals surface area (Å²) in [4.78, 5) is 18.0. The van der Waals surface area contributed by atoms with Gasteiger partial charge in [-0.2, -0.15) is 5.26 Å². The molecule has 1 aliphatic rings. The Morgan fingerprint density at radius 2 is 1.90 bits per heavy atom. The molecule has 4 heteroatoms. The van der Waals surface area contributed by atoms with Crippen LogP contribution in [0.4, 0.5) is 0 Å². The Labute approximate surface area is 170 Å². The molecule has 0 saturated heterocycles. The Bertz CT molecular complexity index is 1140. The van der Waals surface area contributed by atoms with E-state index in [0.29, 0.717) is 11.5 Å². The average molecular weight is 382 g/mol. The molecule has 1 aliphatic carbocycles. The smallest absolute Gasteiger partial charge is 0.340 e. The van der Waals surface area contributed by atoms with E-state index in [9.17, 15) is 4.79 Å². The summed E-state index contributed by atoms with van der Waals surface area (Å²) in [7, 11) is 0. The Balaban J connectivity index is 1.94. The number of allylic oxidation sites excluding steroid dienone is 1. The van der Waals surface area contributed by atoms with Gasteiger partial charge in [0.25, 0.3) is 0 Å². The van der Waals surface area contributed by atoms with Gasteiger partial charge in [-0.05, 0) is 54.5 Å². The number of nitriles is 1. The van der Waals surface area contributed by atoms with Crippen molar-refractivity contribution < 1.29 is 9.53 Å². The largest absolute Gasteiger partial charge is 0.444 e. The number of hydrogen-bond donors (Lipinski definition) is 0. The first-order valence-electron chi connectivity index (χ1n) is 9.85. The van der Waals surface area contributed by atoms with Crippen LogP contribution in [-0.2, 0) is 11.2 Å². The van der Waals surface area contributed by atoms with Gasteiger partial charge in [0, 0.05) is 5.39 Å². The van der Waals surface area contributed by atoms with Crippen molar-refractivity contribution in [3.63, 3.8) is 0 Å². The summed E-state index contributed by atoms with van der Waals surface area (Å²) in [6.45, 7) is 3.76. The molecule has 0 bridgehead atoms. The predicted molar refractivity (Wildman–Crippen MR) is 114 cm³/mol. The molecule has 0 spiro atoms. The van der Waals surface area contributed by atoms with Crippen LogP contribution in [0.1, 0.15) is 47.4 Å². The minimum Gasteiger partial charge on any atom is -0.444 e. The maximum Gasteiger partial charge on any atom is 0.340 e. The van der Waals surface area contributed by atoms with E-state index in [-0.39, 0.29) is 0 Å². The molecule has 4 rings (SSSR count). The summed E-state index contributed by atoms with van der Waals surface area (Å²) in [6.07, 6.45) is 3.01. The predicted octanol–water partition coefficient (Wildman–Crippen LogP) is 5.43. The summed E-state index contributed by atoms with van der Waals surface area (Å²) in [6, 6.07) is 19.8. The number of esters is 1. The highest BCUT2D eigenvalue weighted by atomic mass is 16.5. The van der Waals surface area contributed by atoms with Crippen LogP contribution in [-0.4, -0.2) is 17.1 Å². The second-order valence-electron chi connectivity index (χ2n) is 7.60. The second kappa shape index (κ2) is 7.89. The van der Waals surface area contributed by atoms with Crippen LogP contribution >= 0.6 is 0 Å². The zero-order valence-electron chi connectivity index (χ0n) is 16.6. The summed E-state index contributed by atoms with van der Waals surface area (Å²) in [5, 5.41) is 9.85. The van der Waals surface area contributed by atoms with Gasteiger partial charge in [0.15, 0.2) is 6.10 Å². The van der Waals surface area contributed by atoms with E-state index in [2.05, 4.69) is 25.1 Å². The molecule has 144 valence electrons. The van der Waals surface area contributed by atoms with Crippen LogP contribution in [0, 0.1) is 17.2 Å². The first kappa shape index (κ1) is 18.9. The van der Waals surface area contributed by atoms with Crippen molar-refractivity contribution in [2.24, 2.45) is 5.92 Å². The molecule has 0 fully saturated rings. The quantitative estimate of drug-likeness (QED) is 0.567. The van der Waals surface area contributed by atoms with Crippen LogP contribution in [0.2, 0.25) is 0 Å². The molecular formula is C25H22N2O2. The van der Waals surface area contributed by atoms with E-state index >= 15 is 0 Å². The van der Waals surface area contributed by atoms with Crippen molar-refractivity contribution in [1.29, 1.82) is 5.26 Å². The molecule has 0 amide bonds. The van der Waals surface area contributed by atoms with Gasteiger partial charge in [-0.3, -0.25) is 0 Å². The molecule has 0 N–H and O–H groups in total. The highest BCUT2D eigenvalue weighted by Gasteiger charge is 2.29. The van der Waals surface area contributed by atoms with Crippen molar-refractivity contribution in [2.45, 2.75) is 32.8 Å². The highest BCUT2D eigenvalue weighted by Crippen LogP contribution is 2.38. The lowest BCUT2D eigenvalue weighted by Crippen LogP contribution is -2.21. The van der Waals surface area contributed by atoms with Crippen LogP contribution in [0.25, 0.3) is 22.6 Å². The SMILES string of the molecule is C[C@@H]1C/C(=C/c2ccccc2)c2nc3ccccc3c(C(=O)O[C@H](C)C#N)c2C1. The fraction of sp³-hybridized carbons (Fsp3) is 0.240. The number of rotatable bonds is 3. The van der Waals surface area contributed by atoms with Crippen molar-refractivity contribution in [1.82, 2.24) is 4.98 Å². The number of aromatic nitrogens is 1. The summed E-state index contributed by atoms with van der Waals surface area (Å²) >= 11 is 0. The van der Waals surface area contributed by atoms with Crippen molar-refractivity contribution in [2.75, 3.05) is 0 Å². The Hall–Kier alpha value is -3.45. The maximum absolute atomic E-state index is 13.1. The number of hydrogen-bond acceptors (Lipinski definition) is 4. The Morgan fingerprint density at radius 3 is 2.66 bits per heavy atom. The number of para-hydroxylation sites is 1. The van der Waals surface area contributed by atoms with E-state index in [0.717, 1.165) is 46.1 Å². The molecule has 2 aromatic carbocycles. The molecule has 0 radical (unpaired) electrons. The number of fused-ring (bicyclic) bond motifs is 2. The minimum absolute atomic E-state index is 0.375. The van der Waals surface area contributed by atoms with Crippen LogP contribution in [0.3, 0.4) is 0 Å². The van der Waals surface area contributed by atoms with Crippen LogP contribution in [0.15, 0.2) is 54.6 Å². The van der Waals surface area contributed by atoms with E-state index in [4.69, 9.17) is 15.0 Å². The molecule has 1 aromatic heterocycles. The number of ether oxygens (including phenoxy) is 1. The highest BCUT2D eigenvalue weighted by molar-refractivity contribution is 6.06. The monoisotopic (exact) mass is 382 g/mol. The van der Waals surface area contributed by atoms with Gasteiger partial charge in [0.2, 0.25) is 0 Å². The number of carbonyl (C=O) groups excluding carboxylic acids is 1. The van der Waals surface area contributed by atoms with Gasteiger partial charge in [0.05, 0.1) is 16.8 Å². The van der Waals surface area contributed by atoms with Gasteiger partial charge in [-0.15, -0.1) is 0 Å². The van der Waals surface area contributed by atoms with E-state index in [1.54, 1.807) is 6.92 Å². The molecule has 29 heavy (non-hydrogen) atoms. The molecule has 4 nitrogen and oxygen atoms in total. The summed E-state index contributed by atoms with van der Waals surface area (Å²) < 4.78 is 5.40. The lowest BCUT2D eigenvalue weighted by Gasteiger charge is -2.26. The van der Waals surface area contributed by atoms with E-state index in [1.807, 2.05) is 48.5 Å². The molecule has 0 aliphatic heterocycles. The molecule has 3 aromatic rings. The van der Waals surface area contributed by atoms with Gasteiger partial charge < -0.3 is 4.74 Å². The summed E-state index contributed by atoms with van der Waals surface area (Å²) in [5.74, 6) is -0.0811. The lowest BCUT2D eigenvalue weighted by molar-refractivity contribution is 0.0436. The van der Waals surface area contributed by atoms with Crippen LogP contribution in [0.5, 0.6) is 0 Å². The van der Waals surface area contributed by atoms with Crippen molar-refractivity contribution >= 4 is 28.5 Å². The Kier molecular flexibility index (Phi) is 5.14. The lowest BCUT2D eigenvalue weighted by atomic mass is 9.80. The molecule has 1 heterocycles. The van der Waals surface area contributed by atoms with Gasteiger partial charge >= 0.3 is 5.97 Å². The zero-order chi connectivity index (χ0) is 20.4. The molecule has 2 atom stereocenters. The third kappa shape index (κ3) is 3.77.